The van der Waals surface area contributed by atoms with E-state index in [-0.39, 0.29) is 22.9 Å². The third-order valence-electron chi connectivity index (χ3n) is 2.98. The maximum absolute atomic E-state index is 12.1. The highest BCUT2D eigenvalue weighted by atomic mass is 35.5. The maximum Gasteiger partial charge on any atom is 0.339 e. The van der Waals surface area contributed by atoms with Crippen molar-refractivity contribution in [3.05, 3.63) is 28.8 Å². The Morgan fingerprint density at radius 1 is 1.47 bits per heavy atom. The number of carboxylic acid groups (broad SMARTS) is 1. The highest BCUT2D eigenvalue weighted by Crippen LogP contribution is 2.26. The van der Waals surface area contributed by atoms with E-state index in [0.717, 1.165) is 0 Å². The number of aromatic carboxylic acids is 1. The van der Waals surface area contributed by atoms with Crippen molar-refractivity contribution in [2.75, 3.05) is 18.5 Å². The van der Waals surface area contributed by atoms with Crippen LogP contribution in [0.4, 0.5) is 5.69 Å². The molecule has 1 aromatic rings. The number of amides is 1. The van der Waals surface area contributed by atoms with Crippen LogP contribution in [0.3, 0.4) is 0 Å². The topological polar surface area (TPSA) is 102 Å². The molecular weight excluding hydrogens is 272 g/mol. The molecule has 2 rings (SSSR count). The third-order valence-corrected chi connectivity index (χ3v) is 3.29. The summed E-state index contributed by atoms with van der Waals surface area (Å²) in [4.78, 5) is 23.2. The Kier molecular flexibility index (Phi) is 3.75. The minimum absolute atomic E-state index is 0.0547. The zero-order chi connectivity index (χ0) is 14.0. The van der Waals surface area contributed by atoms with Crippen LogP contribution in [0.15, 0.2) is 18.2 Å². The van der Waals surface area contributed by atoms with Crippen LogP contribution in [0, 0.1) is 0 Å². The fraction of sp³-hybridized carbons (Fsp3) is 0.333. The van der Waals surface area contributed by atoms with Crippen LogP contribution in [-0.4, -0.2) is 35.7 Å². The zero-order valence-corrected chi connectivity index (χ0v) is 10.7. The summed E-state index contributed by atoms with van der Waals surface area (Å²) in [5.74, 6) is -1.69. The summed E-state index contributed by atoms with van der Waals surface area (Å²) in [6.45, 7) is 0.521. The van der Waals surface area contributed by atoms with Gasteiger partial charge in [-0.05, 0) is 18.6 Å². The lowest BCUT2D eigenvalue weighted by molar-refractivity contribution is -0.121. The number of nitrogens with one attached hydrogen (secondary N) is 1. The van der Waals surface area contributed by atoms with Gasteiger partial charge in [-0.1, -0.05) is 17.7 Å². The van der Waals surface area contributed by atoms with Gasteiger partial charge < -0.3 is 20.9 Å². The Morgan fingerprint density at radius 2 is 2.21 bits per heavy atom. The number of carboxylic acids is 1. The Bertz CT molecular complexity index is 526. The number of ether oxygens (including phenoxy) is 1. The summed E-state index contributed by atoms with van der Waals surface area (Å²) in [7, 11) is 0. The van der Waals surface area contributed by atoms with Crippen molar-refractivity contribution in [3.8, 4) is 0 Å². The van der Waals surface area contributed by atoms with Crippen LogP contribution in [0.2, 0.25) is 5.02 Å². The molecule has 102 valence electrons. The number of hydrogen-bond acceptors (Lipinski definition) is 4. The monoisotopic (exact) mass is 284 g/mol. The van der Waals surface area contributed by atoms with Crippen molar-refractivity contribution in [1.29, 1.82) is 0 Å². The molecule has 1 amide bonds. The largest absolute Gasteiger partial charge is 0.478 e. The standard InChI is InChI=1S/C12H13ClN2O4/c13-7-2-1-3-8(9(7)10(16)17)15-11(18)12(14)4-5-19-6-12/h1-3H,4-6,14H2,(H,15,18)(H,16,17). The fourth-order valence-corrected chi connectivity index (χ4v) is 2.11. The van der Waals surface area contributed by atoms with E-state index >= 15 is 0 Å². The van der Waals surface area contributed by atoms with Gasteiger partial charge in [-0.3, -0.25) is 4.79 Å². The van der Waals surface area contributed by atoms with E-state index in [4.69, 9.17) is 27.2 Å². The van der Waals surface area contributed by atoms with Gasteiger partial charge in [-0.2, -0.15) is 0 Å². The quantitative estimate of drug-likeness (QED) is 0.771. The first-order chi connectivity index (χ1) is 8.94. The van der Waals surface area contributed by atoms with Gasteiger partial charge in [0.05, 0.1) is 17.3 Å². The average Bonchev–Trinajstić information content (AvgIpc) is 2.77. The average molecular weight is 285 g/mol. The van der Waals surface area contributed by atoms with Crippen molar-refractivity contribution in [2.24, 2.45) is 5.73 Å². The molecule has 1 saturated heterocycles. The van der Waals surface area contributed by atoms with Gasteiger partial charge in [-0.15, -0.1) is 0 Å². The Balaban J connectivity index is 2.26. The number of nitrogens with two attached hydrogens (primary N) is 1. The van der Waals surface area contributed by atoms with Crippen LogP contribution in [0.25, 0.3) is 0 Å². The predicted octanol–water partition coefficient (Wildman–Crippen LogP) is 1.09. The molecule has 0 saturated carbocycles. The van der Waals surface area contributed by atoms with Crippen LogP contribution in [0.5, 0.6) is 0 Å². The second kappa shape index (κ2) is 5.16. The van der Waals surface area contributed by atoms with Crippen molar-refractivity contribution in [3.63, 3.8) is 0 Å². The lowest BCUT2D eigenvalue weighted by Gasteiger charge is -2.21. The molecule has 0 aromatic heterocycles. The highest BCUT2D eigenvalue weighted by molar-refractivity contribution is 6.34. The first kappa shape index (κ1) is 13.8. The van der Waals surface area contributed by atoms with Gasteiger partial charge in [0, 0.05) is 6.61 Å². The van der Waals surface area contributed by atoms with Crippen LogP contribution < -0.4 is 11.1 Å². The van der Waals surface area contributed by atoms with E-state index in [9.17, 15) is 9.59 Å². The number of carbonyl (C=O) groups is 2. The summed E-state index contributed by atoms with van der Waals surface area (Å²) in [6, 6.07) is 4.46. The Labute approximate surface area is 114 Å². The van der Waals surface area contributed by atoms with Crippen molar-refractivity contribution in [1.82, 2.24) is 0 Å². The minimum atomic E-state index is -1.21. The molecule has 0 spiro atoms. The van der Waals surface area contributed by atoms with Gasteiger partial charge >= 0.3 is 5.97 Å². The Morgan fingerprint density at radius 3 is 2.79 bits per heavy atom. The smallest absolute Gasteiger partial charge is 0.339 e. The van der Waals surface area contributed by atoms with E-state index in [2.05, 4.69) is 5.32 Å². The number of rotatable bonds is 3. The number of carbonyl (C=O) groups excluding carboxylic acids is 1. The number of halogens is 1. The highest BCUT2D eigenvalue weighted by Gasteiger charge is 2.38. The molecule has 1 unspecified atom stereocenters. The number of hydrogen-bond donors (Lipinski definition) is 3. The van der Waals surface area contributed by atoms with Gasteiger partial charge in [0.15, 0.2) is 0 Å². The number of benzene rings is 1. The molecule has 1 aliphatic rings. The van der Waals surface area contributed by atoms with Gasteiger partial charge in [-0.25, -0.2) is 4.79 Å². The molecule has 1 heterocycles. The SMILES string of the molecule is NC1(C(=O)Nc2cccc(Cl)c2C(=O)O)CCOC1. The van der Waals surface area contributed by atoms with Crippen LogP contribution in [0.1, 0.15) is 16.8 Å². The minimum Gasteiger partial charge on any atom is -0.478 e. The zero-order valence-electron chi connectivity index (χ0n) is 9.98. The molecule has 0 bridgehead atoms. The molecule has 19 heavy (non-hydrogen) atoms. The summed E-state index contributed by atoms with van der Waals surface area (Å²) >= 11 is 5.81. The lowest BCUT2D eigenvalue weighted by Crippen LogP contribution is -2.51. The number of anilines is 1. The van der Waals surface area contributed by atoms with Gasteiger partial charge in [0.1, 0.15) is 11.1 Å². The first-order valence-corrected chi connectivity index (χ1v) is 6.02. The van der Waals surface area contributed by atoms with E-state index in [1.807, 2.05) is 0 Å². The van der Waals surface area contributed by atoms with Gasteiger partial charge in [0.25, 0.3) is 0 Å². The summed E-state index contributed by atoms with van der Waals surface area (Å²) in [5.41, 5.74) is 4.74. The molecule has 1 aromatic carbocycles. The fourth-order valence-electron chi connectivity index (χ4n) is 1.85. The van der Waals surface area contributed by atoms with Crippen molar-refractivity contribution < 1.29 is 19.4 Å². The second-order valence-electron chi connectivity index (χ2n) is 4.38. The van der Waals surface area contributed by atoms with E-state index < -0.39 is 17.4 Å². The summed E-state index contributed by atoms with van der Waals surface area (Å²) in [5, 5.41) is 11.7. The molecular formula is C12H13ClN2O4. The lowest BCUT2D eigenvalue weighted by atomic mass is 9.99. The predicted molar refractivity (Wildman–Crippen MR) is 69.4 cm³/mol. The van der Waals surface area contributed by atoms with Crippen LogP contribution >= 0.6 is 11.6 Å². The second-order valence-corrected chi connectivity index (χ2v) is 4.79. The first-order valence-electron chi connectivity index (χ1n) is 5.64. The molecule has 1 aliphatic heterocycles. The van der Waals surface area contributed by atoms with Crippen LogP contribution in [-0.2, 0) is 9.53 Å². The van der Waals surface area contributed by atoms with E-state index in [1.165, 1.54) is 12.1 Å². The van der Waals surface area contributed by atoms with Crippen molar-refractivity contribution >= 4 is 29.2 Å². The molecule has 7 heteroatoms. The molecule has 1 atom stereocenters. The summed E-state index contributed by atoms with van der Waals surface area (Å²) in [6.07, 6.45) is 0.391. The molecule has 6 nitrogen and oxygen atoms in total. The molecule has 0 aliphatic carbocycles. The third kappa shape index (κ3) is 2.70. The molecule has 4 N–H and O–H groups in total. The molecule has 0 radical (unpaired) electrons. The Hall–Kier alpha value is -1.63. The normalized spacial score (nSPS) is 22.2. The summed E-state index contributed by atoms with van der Waals surface area (Å²) < 4.78 is 5.09. The van der Waals surface area contributed by atoms with Crippen molar-refractivity contribution in [2.45, 2.75) is 12.0 Å². The van der Waals surface area contributed by atoms with E-state index in [1.54, 1.807) is 6.07 Å². The molecule has 1 fully saturated rings. The van der Waals surface area contributed by atoms with E-state index in [0.29, 0.717) is 13.0 Å². The van der Waals surface area contributed by atoms with Gasteiger partial charge in [0.2, 0.25) is 5.91 Å². The maximum atomic E-state index is 12.1.